The third-order valence-electron chi connectivity index (χ3n) is 1.80. The molecule has 1 N–H and O–H groups in total. The number of halogens is 2. The molecule has 5 nitrogen and oxygen atoms in total. The molecule has 0 aromatic carbocycles. The molecule has 1 heterocycles. The lowest BCUT2D eigenvalue weighted by Gasteiger charge is -2.07. The van der Waals surface area contributed by atoms with Crippen molar-refractivity contribution >= 4 is 23.6 Å². The summed E-state index contributed by atoms with van der Waals surface area (Å²) in [5.74, 6) is -4.05. The number of ether oxygens (including phenoxy) is 1. The minimum Gasteiger partial charge on any atom is -0.452 e. The molecule has 1 rings (SSSR count). The number of aromatic nitrogens is 1. The molecule has 18 heavy (non-hydrogen) atoms. The van der Waals surface area contributed by atoms with Crippen LogP contribution in [-0.4, -0.2) is 36.3 Å². The summed E-state index contributed by atoms with van der Waals surface area (Å²) in [6, 6.07) is 2.73. The number of esters is 1. The van der Waals surface area contributed by atoms with E-state index in [4.69, 9.17) is 0 Å². The number of hydrogen-bond donors (Lipinski definition) is 1. The lowest BCUT2D eigenvalue weighted by atomic mass is 10.3. The van der Waals surface area contributed by atoms with E-state index in [9.17, 15) is 18.4 Å². The van der Waals surface area contributed by atoms with Gasteiger partial charge in [0.1, 0.15) is 5.03 Å². The number of carbonyl (C=O) groups excluding carboxylic acids is 2. The van der Waals surface area contributed by atoms with Crippen LogP contribution in [0.2, 0.25) is 0 Å². The molecular weight excluding hydrogens is 266 g/mol. The van der Waals surface area contributed by atoms with E-state index >= 15 is 0 Å². The van der Waals surface area contributed by atoms with Crippen LogP contribution in [-0.2, 0) is 9.53 Å². The highest BCUT2D eigenvalue weighted by Gasteiger charge is 2.18. The molecule has 0 fully saturated rings. The first-order chi connectivity index (χ1) is 8.54. The monoisotopic (exact) mass is 276 g/mol. The summed E-state index contributed by atoms with van der Waals surface area (Å²) in [5, 5.41) is 2.13. The molecule has 0 unspecified atom stereocenters. The molecule has 1 amide bonds. The van der Waals surface area contributed by atoms with E-state index in [2.05, 4.69) is 15.0 Å². The summed E-state index contributed by atoms with van der Waals surface area (Å²) < 4.78 is 29.1. The van der Waals surface area contributed by atoms with Crippen molar-refractivity contribution in [2.24, 2.45) is 0 Å². The number of pyridine rings is 1. The Kier molecular flexibility index (Phi) is 5.50. The third-order valence-corrected chi connectivity index (χ3v) is 2.53. The molecule has 0 saturated heterocycles. The summed E-state index contributed by atoms with van der Waals surface area (Å²) >= 11 is 0.148. The Balaban J connectivity index is 2.75. The first-order valence-corrected chi connectivity index (χ1v) is 5.70. The number of alkyl halides is 2. The predicted molar refractivity (Wildman–Crippen MR) is 60.4 cm³/mol. The summed E-state index contributed by atoms with van der Waals surface area (Å²) in [5.41, 5.74) is -0.0910. The van der Waals surface area contributed by atoms with Gasteiger partial charge in [-0.2, -0.15) is 8.78 Å². The maximum atomic E-state index is 12.2. The number of rotatable bonds is 5. The smallest absolute Gasteiger partial charge is 0.341 e. The zero-order valence-corrected chi connectivity index (χ0v) is 10.2. The van der Waals surface area contributed by atoms with Gasteiger partial charge in [0.15, 0.2) is 6.61 Å². The Morgan fingerprint density at radius 3 is 2.89 bits per heavy atom. The minimum absolute atomic E-state index is 0.0910. The van der Waals surface area contributed by atoms with Crippen molar-refractivity contribution in [1.29, 1.82) is 0 Å². The van der Waals surface area contributed by atoms with Crippen LogP contribution < -0.4 is 5.32 Å². The Labute approximate surface area is 106 Å². The standard InChI is InChI=1S/C10H10F2N2O3S/c1-13-7(15)5-17-9(16)6-3-2-4-14-8(6)18-10(11)12/h2-4,10H,5H2,1H3,(H,13,15). The van der Waals surface area contributed by atoms with E-state index < -0.39 is 24.2 Å². The van der Waals surface area contributed by atoms with Crippen molar-refractivity contribution in [2.75, 3.05) is 13.7 Å². The molecule has 0 spiro atoms. The van der Waals surface area contributed by atoms with Crippen molar-refractivity contribution in [1.82, 2.24) is 10.3 Å². The molecule has 0 atom stereocenters. The second kappa shape index (κ2) is 6.90. The lowest BCUT2D eigenvalue weighted by molar-refractivity contribution is -0.123. The molecule has 98 valence electrons. The molecule has 1 aromatic rings. The van der Waals surface area contributed by atoms with E-state index in [1.54, 1.807) is 0 Å². The zero-order chi connectivity index (χ0) is 13.5. The Morgan fingerprint density at radius 1 is 1.56 bits per heavy atom. The maximum absolute atomic E-state index is 12.2. The highest BCUT2D eigenvalue weighted by atomic mass is 32.2. The van der Waals surface area contributed by atoms with Gasteiger partial charge in [-0.25, -0.2) is 9.78 Å². The van der Waals surface area contributed by atoms with E-state index in [0.29, 0.717) is 0 Å². The number of hydrogen-bond acceptors (Lipinski definition) is 5. The molecule has 0 aliphatic heterocycles. The van der Waals surface area contributed by atoms with Gasteiger partial charge in [0.05, 0.1) is 5.56 Å². The van der Waals surface area contributed by atoms with E-state index in [-0.39, 0.29) is 22.4 Å². The fraction of sp³-hybridized carbons (Fsp3) is 0.300. The van der Waals surface area contributed by atoms with Crippen molar-refractivity contribution in [3.8, 4) is 0 Å². The van der Waals surface area contributed by atoms with Crippen LogP contribution in [0.15, 0.2) is 23.4 Å². The van der Waals surface area contributed by atoms with E-state index in [1.165, 1.54) is 25.4 Å². The van der Waals surface area contributed by atoms with Gasteiger partial charge in [0.25, 0.3) is 11.7 Å². The normalized spacial score (nSPS) is 10.2. The van der Waals surface area contributed by atoms with Gasteiger partial charge in [-0.05, 0) is 23.9 Å². The number of thioether (sulfide) groups is 1. The van der Waals surface area contributed by atoms with Crippen LogP contribution in [0.3, 0.4) is 0 Å². The highest BCUT2D eigenvalue weighted by Crippen LogP contribution is 2.26. The lowest BCUT2D eigenvalue weighted by Crippen LogP contribution is -2.25. The van der Waals surface area contributed by atoms with Crippen LogP contribution in [0.25, 0.3) is 0 Å². The Morgan fingerprint density at radius 2 is 2.28 bits per heavy atom. The molecule has 0 bridgehead atoms. The fourth-order valence-corrected chi connectivity index (χ4v) is 1.57. The van der Waals surface area contributed by atoms with E-state index in [0.717, 1.165) is 0 Å². The molecule has 1 aromatic heterocycles. The van der Waals surface area contributed by atoms with Gasteiger partial charge in [0, 0.05) is 13.2 Å². The van der Waals surface area contributed by atoms with Gasteiger partial charge >= 0.3 is 5.97 Å². The largest absolute Gasteiger partial charge is 0.452 e. The Hall–Kier alpha value is -1.70. The molecule has 0 radical (unpaired) electrons. The minimum atomic E-state index is -2.69. The second-order valence-electron chi connectivity index (χ2n) is 2.98. The van der Waals surface area contributed by atoms with Crippen LogP contribution in [0, 0.1) is 0 Å². The van der Waals surface area contributed by atoms with Gasteiger partial charge in [-0.1, -0.05) is 0 Å². The fourth-order valence-electron chi connectivity index (χ4n) is 1.01. The average molecular weight is 276 g/mol. The summed E-state index contributed by atoms with van der Waals surface area (Å²) in [4.78, 5) is 26.1. The quantitative estimate of drug-likeness (QED) is 0.648. The van der Waals surface area contributed by atoms with Crippen LogP contribution in [0.5, 0.6) is 0 Å². The number of carbonyl (C=O) groups is 2. The first kappa shape index (κ1) is 14.4. The zero-order valence-electron chi connectivity index (χ0n) is 9.35. The number of nitrogens with one attached hydrogen (secondary N) is 1. The molecule has 0 aliphatic carbocycles. The van der Waals surface area contributed by atoms with Crippen molar-refractivity contribution in [3.63, 3.8) is 0 Å². The van der Waals surface area contributed by atoms with E-state index in [1.807, 2.05) is 0 Å². The third kappa shape index (κ3) is 4.28. The molecule has 0 saturated carbocycles. The molecular formula is C10H10F2N2O3S. The van der Waals surface area contributed by atoms with Gasteiger partial charge in [-0.3, -0.25) is 4.79 Å². The second-order valence-corrected chi connectivity index (χ2v) is 3.96. The summed E-state index contributed by atoms with van der Waals surface area (Å²) in [7, 11) is 1.39. The SMILES string of the molecule is CNC(=O)COC(=O)c1cccnc1SC(F)F. The number of amides is 1. The van der Waals surface area contributed by atoms with Crippen molar-refractivity contribution < 1.29 is 23.1 Å². The molecule has 0 aliphatic rings. The van der Waals surface area contributed by atoms with Crippen LogP contribution >= 0.6 is 11.8 Å². The highest BCUT2D eigenvalue weighted by molar-refractivity contribution is 7.99. The maximum Gasteiger partial charge on any atom is 0.341 e. The number of nitrogens with zero attached hydrogens (tertiary/aromatic N) is 1. The number of likely N-dealkylation sites (N-methyl/N-ethyl adjacent to an activating group) is 1. The average Bonchev–Trinajstić information content (AvgIpc) is 2.35. The Bertz CT molecular complexity index is 443. The van der Waals surface area contributed by atoms with Gasteiger partial charge in [-0.15, -0.1) is 0 Å². The van der Waals surface area contributed by atoms with Crippen molar-refractivity contribution in [2.45, 2.75) is 10.8 Å². The first-order valence-electron chi connectivity index (χ1n) is 4.82. The summed E-state index contributed by atoms with van der Waals surface area (Å²) in [6.07, 6.45) is 1.29. The van der Waals surface area contributed by atoms with Crippen molar-refractivity contribution in [3.05, 3.63) is 23.9 Å². The summed E-state index contributed by atoms with van der Waals surface area (Å²) in [6.45, 7) is -0.469. The van der Waals surface area contributed by atoms with Gasteiger partial charge in [0.2, 0.25) is 0 Å². The molecule has 8 heteroatoms. The topological polar surface area (TPSA) is 68.3 Å². The predicted octanol–water partition coefficient (Wildman–Crippen LogP) is 1.30. The van der Waals surface area contributed by atoms with Crippen LogP contribution in [0.1, 0.15) is 10.4 Å². The van der Waals surface area contributed by atoms with Gasteiger partial charge < -0.3 is 10.1 Å². The van der Waals surface area contributed by atoms with Crippen LogP contribution in [0.4, 0.5) is 8.78 Å².